The summed E-state index contributed by atoms with van der Waals surface area (Å²) in [6.07, 6.45) is 0. The zero-order chi connectivity index (χ0) is 14.7. The number of hydrogen-bond donors (Lipinski definition) is 1. The van der Waals surface area contributed by atoms with Crippen molar-refractivity contribution in [3.05, 3.63) is 59.2 Å². The van der Waals surface area contributed by atoms with Gasteiger partial charge in [-0.25, -0.2) is 8.78 Å². The molecule has 0 amide bonds. The Bertz CT molecular complexity index is 678. The largest absolute Gasteiger partial charge is 0.453 e. The molecule has 2 aromatic carbocycles. The summed E-state index contributed by atoms with van der Waals surface area (Å²) in [6, 6.07) is 9.60. The van der Waals surface area contributed by atoms with Crippen LogP contribution in [0.2, 0.25) is 0 Å². The lowest BCUT2D eigenvalue weighted by molar-refractivity contribution is 0.436. The fraction of sp³-hybridized carbons (Fsp3) is 0.133. The number of nitrogens with zero attached hydrogens (tertiary/aromatic N) is 1. The van der Waals surface area contributed by atoms with Crippen molar-refractivity contribution in [2.75, 3.05) is 0 Å². The van der Waals surface area contributed by atoms with Crippen LogP contribution in [-0.4, -0.2) is 0 Å². The molecule has 5 heteroatoms. The predicted molar refractivity (Wildman–Crippen MR) is 70.2 cm³/mol. The molecule has 2 rings (SSSR count). The minimum absolute atomic E-state index is 0.0278. The molecule has 0 heterocycles. The molecule has 0 saturated heterocycles. The van der Waals surface area contributed by atoms with Crippen LogP contribution in [0.5, 0.6) is 11.5 Å². The molecule has 2 aromatic rings. The van der Waals surface area contributed by atoms with E-state index in [2.05, 4.69) is 0 Å². The van der Waals surface area contributed by atoms with E-state index in [-0.39, 0.29) is 23.1 Å². The lowest BCUT2D eigenvalue weighted by Gasteiger charge is -2.11. The first-order valence-corrected chi connectivity index (χ1v) is 5.94. The minimum Gasteiger partial charge on any atom is -0.453 e. The van der Waals surface area contributed by atoms with Crippen LogP contribution in [0, 0.1) is 23.0 Å². The third-order valence-corrected chi connectivity index (χ3v) is 2.79. The maximum Gasteiger partial charge on any atom is 0.166 e. The molecule has 0 aromatic heterocycles. The van der Waals surface area contributed by atoms with E-state index in [4.69, 9.17) is 15.7 Å². The summed E-state index contributed by atoms with van der Waals surface area (Å²) in [6.45, 7) is 1.73. The van der Waals surface area contributed by atoms with Gasteiger partial charge in [-0.2, -0.15) is 5.26 Å². The summed E-state index contributed by atoms with van der Waals surface area (Å²) in [7, 11) is 0. The molecule has 0 bridgehead atoms. The summed E-state index contributed by atoms with van der Waals surface area (Å²) >= 11 is 0. The molecule has 3 nitrogen and oxygen atoms in total. The average molecular weight is 274 g/mol. The molecule has 2 N–H and O–H groups in total. The van der Waals surface area contributed by atoms with Crippen molar-refractivity contribution in [1.29, 1.82) is 5.26 Å². The van der Waals surface area contributed by atoms with Crippen LogP contribution in [0.1, 0.15) is 24.1 Å². The van der Waals surface area contributed by atoms with E-state index >= 15 is 0 Å². The molecule has 0 radical (unpaired) electrons. The van der Waals surface area contributed by atoms with Gasteiger partial charge in [0.25, 0.3) is 0 Å². The molecule has 0 spiro atoms. The number of nitriles is 1. The van der Waals surface area contributed by atoms with Gasteiger partial charge in [-0.05, 0) is 36.8 Å². The van der Waals surface area contributed by atoms with Gasteiger partial charge in [-0.3, -0.25) is 0 Å². The van der Waals surface area contributed by atoms with E-state index in [1.165, 1.54) is 24.3 Å². The van der Waals surface area contributed by atoms with E-state index in [9.17, 15) is 8.78 Å². The Morgan fingerprint density at radius 2 is 1.90 bits per heavy atom. The Morgan fingerprint density at radius 1 is 1.15 bits per heavy atom. The molecule has 0 aliphatic carbocycles. The Kier molecular flexibility index (Phi) is 3.97. The summed E-state index contributed by atoms with van der Waals surface area (Å²) in [5.41, 5.74) is 6.01. The van der Waals surface area contributed by atoms with Crippen molar-refractivity contribution in [3.63, 3.8) is 0 Å². The topological polar surface area (TPSA) is 59.0 Å². The van der Waals surface area contributed by atoms with Gasteiger partial charge in [0.05, 0.1) is 0 Å². The van der Waals surface area contributed by atoms with Crippen LogP contribution in [0.25, 0.3) is 0 Å². The summed E-state index contributed by atoms with van der Waals surface area (Å²) in [4.78, 5) is 0. The van der Waals surface area contributed by atoms with Crippen molar-refractivity contribution in [3.8, 4) is 17.6 Å². The molecule has 0 fully saturated rings. The highest BCUT2D eigenvalue weighted by Crippen LogP contribution is 2.29. The van der Waals surface area contributed by atoms with Gasteiger partial charge >= 0.3 is 0 Å². The van der Waals surface area contributed by atoms with E-state index in [1.54, 1.807) is 19.1 Å². The van der Waals surface area contributed by atoms with Crippen LogP contribution in [0.15, 0.2) is 36.4 Å². The van der Waals surface area contributed by atoms with E-state index in [0.717, 1.165) is 6.07 Å². The number of ether oxygens (including phenoxy) is 1. The van der Waals surface area contributed by atoms with E-state index in [1.807, 2.05) is 0 Å². The number of rotatable bonds is 3. The van der Waals surface area contributed by atoms with Gasteiger partial charge < -0.3 is 10.5 Å². The second-order valence-corrected chi connectivity index (χ2v) is 4.31. The summed E-state index contributed by atoms with van der Waals surface area (Å²) in [5.74, 6) is -1.44. The van der Waals surface area contributed by atoms with Crippen molar-refractivity contribution < 1.29 is 13.5 Å². The molecular formula is C15H12F2N2O. The van der Waals surface area contributed by atoms with Crippen LogP contribution < -0.4 is 10.5 Å². The standard InChI is InChI=1S/C15H12F2N2O/c1-9(19)10-5-6-15(13(17)7-10)20-14-4-2-3-12(16)11(14)8-18/h2-7,9H,19H2,1H3/t9-/m0/s1. The molecule has 1 atom stereocenters. The van der Waals surface area contributed by atoms with Gasteiger partial charge in [0, 0.05) is 6.04 Å². The Morgan fingerprint density at radius 3 is 2.50 bits per heavy atom. The summed E-state index contributed by atoms with van der Waals surface area (Å²) in [5, 5.41) is 8.88. The molecule has 102 valence electrons. The van der Waals surface area contributed by atoms with Crippen molar-refractivity contribution in [2.45, 2.75) is 13.0 Å². The van der Waals surface area contributed by atoms with Crippen LogP contribution >= 0.6 is 0 Å². The minimum atomic E-state index is -0.711. The van der Waals surface area contributed by atoms with Crippen LogP contribution in [-0.2, 0) is 0 Å². The first kappa shape index (κ1) is 14.0. The maximum absolute atomic E-state index is 13.9. The van der Waals surface area contributed by atoms with E-state index in [0.29, 0.717) is 5.56 Å². The number of hydrogen-bond acceptors (Lipinski definition) is 3. The molecule has 0 aliphatic rings. The monoisotopic (exact) mass is 274 g/mol. The van der Waals surface area contributed by atoms with Crippen LogP contribution in [0.4, 0.5) is 8.78 Å². The maximum atomic E-state index is 13.9. The molecule has 20 heavy (non-hydrogen) atoms. The second-order valence-electron chi connectivity index (χ2n) is 4.31. The molecular weight excluding hydrogens is 262 g/mol. The van der Waals surface area contributed by atoms with Gasteiger partial charge in [-0.1, -0.05) is 12.1 Å². The fourth-order valence-corrected chi connectivity index (χ4v) is 1.70. The normalized spacial score (nSPS) is 11.8. The fourth-order valence-electron chi connectivity index (χ4n) is 1.70. The summed E-state index contributed by atoms with van der Waals surface area (Å²) < 4.78 is 32.6. The van der Waals surface area contributed by atoms with Gasteiger partial charge in [0.15, 0.2) is 11.6 Å². The van der Waals surface area contributed by atoms with Gasteiger partial charge in [0.2, 0.25) is 0 Å². The van der Waals surface area contributed by atoms with Gasteiger partial charge in [-0.15, -0.1) is 0 Å². The lowest BCUT2D eigenvalue weighted by atomic mass is 10.1. The first-order chi connectivity index (χ1) is 9.52. The smallest absolute Gasteiger partial charge is 0.166 e. The second kappa shape index (κ2) is 5.68. The highest BCUT2D eigenvalue weighted by Gasteiger charge is 2.13. The predicted octanol–water partition coefficient (Wildman–Crippen LogP) is 3.65. The van der Waals surface area contributed by atoms with Crippen molar-refractivity contribution >= 4 is 0 Å². The number of halogens is 2. The zero-order valence-electron chi connectivity index (χ0n) is 10.7. The highest BCUT2D eigenvalue weighted by molar-refractivity contribution is 5.46. The molecule has 0 unspecified atom stereocenters. The third-order valence-electron chi connectivity index (χ3n) is 2.79. The highest BCUT2D eigenvalue weighted by atomic mass is 19.1. The molecule has 0 saturated carbocycles. The number of benzene rings is 2. The van der Waals surface area contributed by atoms with Crippen LogP contribution in [0.3, 0.4) is 0 Å². The average Bonchev–Trinajstić information content (AvgIpc) is 2.41. The number of nitrogens with two attached hydrogens (primary N) is 1. The Hall–Kier alpha value is -2.45. The Labute approximate surface area is 115 Å². The van der Waals surface area contributed by atoms with Crippen molar-refractivity contribution in [1.82, 2.24) is 0 Å². The quantitative estimate of drug-likeness (QED) is 0.929. The van der Waals surface area contributed by atoms with E-state index < -0.39 is 11.6 Å². The lowest BCUT2D eigenvalue weighted by Crippen LogP contribution is -2.05. The van der Waals surface area contributed by atoms with Gasteiger partial charge in [0.1, 0.15) is 23.2 Å². The Balaban J connectivity index is 2.36. The first-order valence-electron chi connectivity index (χ1n) is 5.94. The van der Waals surface area contributed by atoms with Crippen molar-refractivity contribution in [2.24, 2.45) is 5.73 Å². The zero-order valence-corrected chi connectivity index (χ0v) is 10.7. The molecule has 0 aliphatic heterocycles. The third kappa shape index (κ3) is 2.76. The SMILES string of the molecule is C[C@H](N)c1ccc(Oc2cccc(F)c2C#N)c(F)c1.